The Balaban J connectivity index is 2.25. The standard InChI is InChI=1S/C20H17/c1-20(2,3)17-11-15-9-7-13-5-4-6-14-8-10-16(12-17)19(15)18(13)14/h4-11H,1-3H3. The lowest BCUT2D eigenvalue weighted by molar-refractivity contribution is 0.591. The fourth-order valence-corrected chi connectivity index (χ4v) is 3.07. The van der Waals surface area contributed by atoms with Crippen molar-refractivity contribution in [2.24, 2.45) is 0 Å². The highest BCUT2D eigenvalue weighted by Gasteiger charge is 2.17. The second-order valence-corrected chi connectivity index (χ2v) is 6.66. The molecule has 0 nitrogen and oxygen atoms in total. The summed E-state index contributed by atoms with van der Waals surface area (Å²) in [5, 5.41) is 7.92. The van der Waals surface area contributed by atoms with Crippen molar-refractivity contribution >= 4 is 32.3 Å². The Hall–Kier alpha value is -2.08. The van der Waals surface area contributed by atoms with Crippen molar-refractivity contribution in [2.45, 2.75) is 26.2 Å². The van der Waals surface area contributed by atoms with Gasteiger partial charge in [0.05, 0.1) is 0 Å². The minimum atomic E-state index is 0.129. The average molecular weight is 257 g/mol. The molecule has 0 aliphatic carbocycles. The summed E-state index contributed by atoms with van der Waals surface area (Å²) in [5.41, 5.74) is 1.41. The maximum absolute atomic E-state index is 3.63. The molecule has 0 aromatic heterocycles. The first-order chi connectivity index (χ1) is 9.54. The maximum atomic E-state index is 3.63. The van der Waals surface area contributed by atoms with Crippen LogP contribution in [0.4, 0.5) is 0 Å². The highest BCUT2D eigenvalue weighted by Crippen LogP contribution is 2.36. The maximum Gasteiger partial charge on any atom is -0.00204 e. The zero-order chi connectivity index (χ0) is 13.9. The van der Waals surface area contributed by atoms with Crippen LogP contribution < -0.4 is 0 Å². The molecule has 0 aliphatic heterocycles. The third kappa shape index (κ3) is 1.54. The number of hydrogen-bond acceptors (Lipinski definition) is 0. The molecule has 0 bridgehead atoms. The van der Waals surface area contributed by atoms with Crippen LogP contribution in [0.2, 0.25) is 0 Å². The fraction of sp³-hybridized carbons (Fsp3) is 0.200. The van der Waals surface area contributed by atoms with Gasteiger partial charge < -0.3 is 0 Å². The molecule has 4 aromatic rings. The number of rotatable bonds is 0. The monoisotopic (exact) mass is 257 g/mol. The van der Waals surface area contributed by atoms with Gasteiger partial charge in [-0.25, -0.2) is 0 Å². The molecule has 0 spiro atoms. The van der Waals surface area contributed by atoms with Gasteiger partial charge in [-0.3, -0.25) is 0 Å². The number of benzene rings is 4. The highest BCUT2D eigenvalue weighted by molar-refractivity contribution is 6.22. The van der Waals surface area contributed by atoms with Crippen LogP contribution in [0.25, 0.3) is 32.3 Å². The molecule has 97 valence electrons. The molecule has 0 heterocycles. The Morgan fingerprint density at radius 1 is 0.750 bits per heavy atom. The lowest BCUT2D eigenvalue weighted by Crippen LogP contribution is -2.11. The predicted octanol–water partition coefficient (Wildman–Crippen LogP) is 5.68. The molecule has 20 heavy (non-hydrogen) atoms. The molecule has 1 radical (unpaired) electrons. The Morgan fingerprint density at radius 3 is 2.10 bits per heavy atom. The summed E-state index contributed by atoms with van der Waals surface area (Å²) in [6.45, 7) is 6.74. The summed E-state index contributed by atoms with van der Waals surface area (Å²) < 4.78 is 0. The first-order valence-electron chi connectivity index (χ1n) is 7.14. The molecular weight excluding hydrogens is 240 g/mol. The van der Waals surface area contributed by atoms with E-state index >= 15 is 0 Å². The SMILES string of the molecule is CC(C)(C)c1[c]c2ccc3cccc4ccc(c1)c2c34. The topological polar surface area (TPSA) is 0 Å². The van der Waals surface area contributed by atoms with E-state index < -0.39 is 0 Å². The lowest BCUT2D eigenvalue weighted by atomic mass is 9.83. The number of hydrogen-bond donors (Lipinski definition) is 0. The van der Waals surface area contributed by atoms with Gasteiger partial charge in [-0.15, -0.1) is 0 Å². The van der Waals surface area contributed by atoms with Crippen LogP contribution in [0, 0.1) is 6.07 Å². The summed E-state index contributed by atoms with van der Waals surface area (Å²) in [4.78, 5) is 0. The minimum Gasteiger partial charge on any atom is -0.0610 e. The van der Waals surface area contributed by atoms with Crippen molar-refractivity contribution in [3.8, 4) is 0 Å². The molecular formula is C20H17. The van der Waals surface area contributed by atoms with Gasteiger partial charge >= 0.3 is 0 Å². The molecule has 0 N–H and O–H groups in total. The second-order valence-electron chi connectivity index (χ2n) is 6.66. The summed E-state index contributed by atoms with van der Waals surface area (Å²) in [6.07, 6.45) is 0. The smallest absolute Gasteiger partial charge is 0.00204 e. The molecule has 0 saturated heterocycles. The van der Waals surface area contributed by atoms with Gasteiger partial charge in [0.1, 0.15) is 0 Å². The highest BCUT2D eigenvalue weighted by atomic mass is 14.2. The Morgan fingerprint density at radius 2 is 1.40 bits per heavy atom. The Bertz CT molecular complexity index is 859. The quantitative estimate of drug-likeness (QED) is 0.355. The van der Waals surface area contributed by atoms with Crippen LogP contribution in [-0.2, 0) is 5.41 Å². The average Bonchev–Trinajstić information content (AvgIpc) is 2.43. The van der Waals surface area contributed by atoms with Gasteiger partial charge in [0.25, 0.3) is 0 Å². The van der Waals surface area contributed by atoms with E-state index in [0.29, 0.717) is 0 Å². The lowest BCUT2D eigenvalue weighted by Gasteiger charge is -2.21. The van der Waals surface area contributed by atoms with E-state index in [-0.39, 0.29) is 5.41 Å². The van der Waals surface area contributed by atoms with E-state index in [1.807, 2.05) is 0 Å². The molecule has 0 unspecified atom stereocenters. The summed E-state index contributed by atoms with van der Waals surface area (Å²) >= 11 is 0. The predicted molar refractivity (Wildman–Crippen MR) is 87.7 cm³/mol. The molecule has 0 amide bonds. The third-order valence-corrected chi connectivity index (χ3v) is 4.19. The zero-order valence-electron chi connectivity index (χ0n) is 12.1. The molecule has 0 aliphatic rings. The Kier molecular flexibility index (Phi) is 2.18. The molecule has 4 rings (SSSR count). The molecule has 0 atom stereocenters. The van der Waals surface area contributed by atoms with Crippen LogP contribution >= 0.6 is 0 Å². The molecule has 4 aromatic carbocycles. The van der Waals surface area contributed by atoms with Gasteiger partial charge in [-0.1, -0.05) is 63.2 Å². The summed E-state index contributed by atoms with van der Waals surface area (Å²) in [5.74, 6) is 0. The minimum absolute atomic E-state index is 0.129. The van der Waals surface area contributed by atoms with Crippen molar-refractivity contribution in [2.75, 3.05) is 0 Å². The van der Waals surface area contributed by atoms with Gasteiger partial charge in [-0.2, -0.15) is 0 Å². The van der Waals surface area contributed by atoms with Gasteiger partial charge in [0.15, 0.2) is 0 Å². The van der Waals surface area contributed by atoms with Crippen molar-refractivity contribution in [1.82, 2.24) is 0 Å². The van der Waals surface area contributed by atoms with Crippen molar-refractivity contribution in [1.29, 1.82) is 0 Å². The van der Waals surface area contributed by atoms with Crippen LogP contribution in [0.3, 0.4) is 0 Å². The zero-order valence-corrected chi connectivity index (χ0v) is 12.1. The molecule has 0 fully saturated rings. The van der Waals surface area contributed by atoms with Gasteiger partial charge in [-0.05, 0) is 55.4 Å². The first kappa shape index (κ1) is 11.7. The Labute approximate surface area is 119 Å². The van der Waals surface area contributed by atoms with Crippen LogP contribution in [0.1, 0.15) is 26.3 Å². The second kappa shape index (κ2) is 3.73. The van der Waals surface area contributed by atoms with E-state index in [9.17, 15) is 0 Å². The van der Waals surface area contributed by atoms with Crippen LogP contribution in [-0.4, -0.2) is 0 Å². The van der Waals surface area contributed by atoms with E-state index in [4.69, 9.17) is 0 Å². The normalized spacial score (nSPS) is 12.8. The van der Waals surface area contributed by atoms with Crippen molar-refractivity contribution in [3.05, 3.63) is 60.2 Å². The van der Waals surface area contributed by atoms with Crippen LogP contribution in [0.15, 0.2) is 48.5 Å². The van der Waals surface area contributed by atoms with Crippen molar-refractivity contribution in [3.63, 3.8) is 0 Å². The van der Waals surface area contributed by atoms with Crippen LogP contribution in [0.5, 0.6) is 0 Å². The van der Waals surface area contributed by atoms with Gasteiger partial charge in [0, 0.05) is 0 Å². The first-order valence-corrected chi connectivity index (χ1v) is 7.14. The summed E-state index contributed by atoms with van der Waals surface area (Å²) in [6, 6.07) is 21.3. The van der Waals surface area contributed by atoms with Crippen molar-refractivity contribution < 1.29 is 0 Å². The molecule has 0 heteroatoms. The van der Waals surface area contributed by atoms with E-state index in [2.05, 4.69) is 75.4 Å². The third-order valence-electron chi connectivity index (χ3n) is 4.19. The summed E-state index contributed by atoms with van der Waals surface area (Å²) in [7, 11) is 0. The fourth-order valence-electron chi connectivity index (χ4n) is 3.07. The molecule has 0 saturated carbocycles. The van der Waals surface area contributed by atoms with Gasteiger partial charge in [0.2, 0.25) is 0 Å². The van der Waals surface area contributed by atoms with E-state index in [0.717, 1.165) is 0 Å². The van der Waals surface area contributed by atoms with E-state index in [1.165, 1.54) is 37.9 Å². The largest absolute Gasteiger partial charge is 0.0610 e. The van der Waals surface area contributed by atoms with E-state index in [1.54, 1.807) is 0 Å².